The van der Waals surface area contributed by atoms with E-state index in [2.05, 4.69) is 5.32 Å². The summed E-state index contributed by atoms with van der Waals surface area (Å²) in [6.07, 6.45) is 1.36. The summed E-state index contributed by atoms with van der Waals surface area (Å²) in [6.45, 7) is 3.61. The van der Waals surface area contributed by atoms with Crippen molar-refractivity contribution < 1.29 is 17.9 Å². The SMILES string of the molecule is CCOc1ccc(CNC(=O)C2CCCN(S(=O)(=O)c3ccccc3)C2)cc1. The lowest BCUT2D eigenvalue weighted by atomic mass is 9.99. The third-order valence-corrected chi connectivity index (χ3v) is 6.72. The van der Waals surface area contributed by atoms with Crippen LogP contribution >= 0.6 is 0 Å². The average Bonchev–Trinajstić information content (AvgIpc) is 2.74. The maximum absolute atomic E-state index is 12.8. The number of amides is 1. The number of hydrogen-bond acceptors (Lipinski definition) is 4. The van der Waals surface area contributed by atoms with Crippen LogP contribution in [-0.2, 0) is 21.4 Å². The van der Waals surface area contributed by atoms with E-state index in [-0.39, 0.29) is 23.3 Å². The normalized spacial score (nSPS) is 17.8. The number of carbonyl (C=O) groups is 1. The molecular weight excluding hydrogens is 376 g/mol. The van der Waals surface area contributed by atoms with Gasteiger partial charge in [0.1, 0.15) is 5.75 Å². The van der Waals surface area contributed by atoms with E-state index in [1.807, 2.05) is 31.2 Å². The van der Waals surface area contributed by atoms with Gasteiger partial charge in [-0.15, -0.1) is 0 Å². The van der Waals surface area contributed by atoms with Gasteiger partial charge in [-0.3, -0.25) is 4.79 Å². The Morgan fingerprint density at radius 3 is 2.54 bits per heavy atom. The van der Waals surface area contributed by atoms with Crippen molar-refractivity contribution in [3.8, 4) is 5.75 Å². The summed E-state index contributed by atoms with van der Waals surface area (Å²) in [5.74, 6) is 0.350. The summed E-state index contributed by atoms with van der Waals surface area (Å²) in [7, 11) is -3.57. The molecule has 1 N–H and O–H groups in total. The van der Waals surface area contributed by atoms with Crippen LogP contribution in [0.4, 0.5) is 0 Å². The standard InChI is InChI=1S/C21H26N2O4S/c1-2-27-19-12-10-17(11-13-19)15-22-21(24)18-7-6-14-23(16-18)28(25,26)20-8-4-3-5-9-20/h3-5,8-13,18H,2,6-7,14-16H2,1H3,(H,22,24). The van der Waals surface area contributed by atoms with Crippen LogP contribution in [0.1, 0.15) is 25.3 Å². The van der Waals surface area contributed by atoms with Gasteiger partial charge >= 0.3 is 0 Å². The molecule has 1 saturated heterocycles. The monoisotopic (exact) mass is 402 g/mol. The maximum atomic E-state index is 12.8. The van der Waals surface area contributed by atoms with E-state index >= 15 is 0 Å². The second kappa shape index (κ2) is 9.21. The Morgan fingerprint density at radius 1 is 1.14 bits per heavy atom. The molecule has 0 bridgehead atoms. The summed E-state index contributed by atoms with van der Waals surface area (Å²) >= 11 is 0. The zero-order valence-corrected chi connectivity index (χ0v) is 16.8. The third-order valence-electron chi connectivity index (χ3n) is 4.84. The Morgan fingerprint density at radius 2 is 1.86 bits per heavy atom. The number of piperidine rings is 1. The second-order valence-corrected chi connectivity index (χ2v) is 8.75. The van der Waals surface area contributed by atoms with Crippen LogP contribution < -0.4 is 10.1 Å². The molecule has 0 aliphatic carbocycles. The molecule has 1 amide bonds. The lowest BCUT2D eigenvalue weighted by Crippen LogP contribution is -2.45. The van der Waals surface area contributed by atoms with Gasteiger partial charge in [-0.05, 0) is 49.6 Å². The van der Waals surface area contributed by atoms with E-state index in [1.54, 1.807) is 30.3 Å². The minimum atomic E-state index is -3.57. The smallest absolute Gasteiger partial charge is 0.243 e. The number of nitrogens with one attached hydrogen (secondary N) is 1. The van der Waals surface area contributed by atoms with Crippen LogP contribution in [-0.4, -0.2) is 38.3 Å². The van der Waals surface area contributed by atoms with Crippen LogP contribution in [0.2, 0.25) is 0 Å². The predicted octanol–water partition coefficient (Wildman–Crippen LogP) is 2.80. The number of rotatable bonds is 7. The molecule has 1 aliphatic heterocycles. The minimum absolute atomic E-state index is 0.109. The molecule has 0 spiro atoms. The third kappa shape index (κ3) is 4.91. The van der Waals surface area contributed by atoms with Crippen molar-refractivity contribution in [2.45, 2.75) is 31.2 Å². The van der Waals surface area contributed by atoms with Gasteiger partial charge in [0.05, 0.1) is 17.4 Å². The molecule has 2 aromatic carbocycles. The van der Waals surface area contributed by atoms with Crippen molar-refractivity contribution in [2.24, 2.45) is 5.92 Å². The fraction of sp³-hybridized carbons (Fsp3) is 0.381. The second-order valence-electron chi connectivity index (χ2n) is 6.81. The summed E-state index contributed by atoms with van der Waals surface area (Å²) in [6, 6.07) is 16.0. The van der Waals surface area contributed by atoms with Gasteiger partial charge in [0.15, 0.2) is 0 Å². The molecule has 6 nitrogen and oxygen atoms in total. The molecule has 1 fully saturated rings. The number of sulfonamides is 1. The van der Waals surface area contributed by atoms with Gasteiger partial charge in [0, 0.05) is 19.6 Å². The van der Waals surface area contributed by atoms with Gasteiger partial charge in [-0.2, -0.15) is 4.31 Å². The lowest BCUT2D eigenvalue weighted by Gasteiger charge is -2.31. The Kier molecular flexibility index (Phi) is 6.70. The van der Waals surface area contributed by atoms with Gasteiger partial charge in [-0.1, -0.05) is 30.3 Å². The van der Waals surface area contributed by atoms with Crippen LogP contribution in [0.25, 0.3) is 0 Å². The highest BCUT2D eigenvalue weighted by Gasteiger charge is 2.33. The van der Waals surface area contributed by atoms with E-state index in [1.165, 1.54) is 4.31 Å². The highest BCUT2D eigenvalue weighted by Crippen LogP contribution is 2.24. The first-order chi connectivity index (χ1) is 13.5. The molecule has 1 atom stereocenters. The summed E-state index contributed by atoms with van der Waals surface area (Å²) in [5.41, 5.74) is 0.973. The number of ether oxygens (including phenoxy) is 1. The predicted molar refractivity (Wildman–Crippen MR) is 107 cm³/mol. The van der Waals surface area contributed by atoms with E-state index in [0.29, 0.717) is 32.5 Å². The van der Waals surface area contributed by atoms with Crippen molar-refractivity contribution in [1.29, 1.82) is 0 Å². The maximum Gasteiger partial charge on any atom is 0.243 e. The Balaban J connectivity index is 1.58. The molecule has 7 heteroatoms. The van der Waals surface area contributed by atoms with Gasteiger partial charge in [0.25, 0.3) is 0 Å². The number of carbonyl (C=O) groups excluding carboxylic acids is 1. The van der Waals surface area contributed by atoms with Crippen LogP contribution in [0.15, 0.2) is 59.5 Å². The van der Waals surface area contributed by atoms with E-state index in [9.17, 15) is 13.2 Å². The lowest BCUT2D eigenvalue weighted by molar-refractivity contribution is -0.126. The highest BCUT2D eigenvalue weighted by molar-refractivity contribution is 7.89. The molecule has 3 rings (SSSR count). The van der Waals surface area contributed by atoms with Crippen LogP contribution in [0.3, 0.4) is 0 Å². The van der Waals surface area contributed by atoms with Crippen molar-refractivity contribution in [3.05, 3.63) is 60.2 Å². The zero-order valence-electron chi connectivity index (χ0n) is 16.0. The van der Waals surface area contributed by atoms with E-state index in [4.69, 9.17) is 4.74 Å². The molecule has 0 aromatic heterocycles. The molecular formula is C21H26N2O4S. The molecule has 0 radical (unpaired) electrons. The van der Waals surface area contributed by atoms with Crippen LogP contribution in [0, 0.1) is 5.92 Å². The minimum Gasteiger partial charge on any atom is -0.494 e. The molecule has 1 unspecified atom stereocenters. The molecule has 28 heavy (non-hydrogen) atoms. The number of benzene rings is 2. The Labute approximate surface area is 166 Å². The number of nitrogens with zero attached hydrogens (tertiary/aromatic N) is 1. The van der Waals surface area contributed by atoms with E-state index in [0.717, 1.165) is 11.3 Å². The molecule has 0 saturated carbocycles. The Bertz CT molecular complexity index is 882. The Hall–Kier alpha value is -2.38. The van der Waals surface area contributed by atoms with Crippen LogP contribution in [0.5, 0.6) is 5.75 Å². The van der Waals surface area contributed by atoms with Crippen molar-refractivity contribution in [1.82, 2.24) is 9.62 Å². The van der Waals surface area contributed by atoms with E-state index < -0.39 is 10.0 Å². The quantitative estimate of drug-likeness (QED) is 0.773. The van der Waals surface area contributed by atoms with Gasteiger partial charge < -0.3 is 10.1 Å². The van der Waals surface area contributed by atoms with Gasteiger partial charge in [0.2, 0.25) is 15.9 Å². The fourth-order valence-electron chi connectivity index (χ4n) is 3.32. The molecule has 150 valence electrons. The molecule has 1 aliphatic rings. The topological polar surface area (TPSA) is 75.7 Å². The average molecular weight is 403 g/mol. The van der Waals surface area contributed by atoms with Crippen molar-refractivity contribution >= 4 is 15.9 Å². The first kappa shape index (κ1) is 20.4. The summed E-state index contributed by atoms with van der Waals surface area (Å²) < 4.78 is 32.4. The first-order valence-electron chi connectivity index (χ1n) is 9.55. The fourth-order valence-corrected chi connectivity index (χ4v) is 4.86. The summed E-state index contributed by atoms with van der Waals surface area (Å²) in [5, 5.41) is 2.93. The zero-order chi connectivity index (χ0) is 20.0. The van der Waals surface area contributed by atoms with Crippen molar-refractivity contribution in [2.75, 3.05) is 19.7 Å². The molecule has 2 aromatic rings. The van der Waals surface area contributed by atoms with Crippen molar-refractivity contribution in [3.63, 3.8) is 0 Å². The summed E-state index contributed by atoms with van der Waals surface area (Å²) in [4.78, 5) is 12.9. The van der Waals surface area contributed by atoms with Gasteiger partial charge in [-0.25, -0.2) is 8.42 Å². The molecule has 1 heterocycles. The number of hydrogen-bond donors (Lipinski definition) is 1. The highest BCUT2D eigenvalue weighted by atomic mass is 32.2. The first-order valence-corrected chi connectivity index (χ1v) is 11.0. The largest absolute Gasteiger partial charge is 0.494 e.